The van der Waals surface area contributed by atoms with Crippen molar-refractivity contribution in [1.29, 1.82) is 0 Å². The van der Waals surface area contributed by atoms with Crippen LogP contribution in [0.2, 0.25) is 0 Å². The van der Waals surface area contributed by atoms with Crippen LogP contribution in [0.3, 0.4) is 0 Å². The number of carbonyl (C=O) groups is 3. The second kappa shape index (κ2) is 12.9. The normalized spacial score (nSPS) is 14.8. The zero-order valence-electron chi connectivity index (χ0n) is 20.7. The maximum atomic E-state index is 13.1. The van der Waals surface area contributed by atoms with E-state index in [1.54, 1.807) is 43.4 Å². The molecule has 35 heavy (non-hydrogen) atoms. The van der Waals surface area contributed by atoms with E-state index in [0.29, 0.717) is 62.4 Å². The van der Waals surface area contributed by atoms with Crippen LogP contribution in [-0.2, 0) is 9.53 Å². The topological polar surface area (TPSA) is 97.0 Å². The molecule has 1 aliphatic heterocycles. The van der Waals surface area contributed by atoms with Gasteiger partial charge in [0, 0.05) is 38.9 Å². The van der Waals surface area contributed by atoms with Gasteiger partial charge in [-0.1, -0.05) is 29.8 Å². The minimum absolute atomic E-state index is 0.0893. The first-order valence-electron chi connectivity index (χ1n) is 12.0. The zero-order chi connectivity index (χ0) is 25.2. The van der Waals surface area contributed by atoms with E-state index >= 15 is 0 Å². The van der Waals surface area contributed by atoms with Crippen molar-refractivity contribution in [2.24, 2.45) is 5.92 Å². The lowest BCUT2D eigenvalue weighted by atomic mass is 9.88. The van der Waals surface area contributed by atoms with Crippen molar-refractivity contribution >= 4 is 17.7 Å². The van der Waals surface area contributed by atoms with Gasteiger partial charge < -0.3 is 25.0 Å². The van der Waals surface area contributed by atoms with E-state index in [0.717, 1.165) is 5.56 Å². The summed E-state index contributed by atoms with van der Waals surface area (Å²) in [7, 11) is 3.16. The second-order valence-electron chi connectivity index (χ2n) is 8.78. The fourth-order valence-electron chi connectivity index (χ4n) is 4.29. The Balaban J connectivity index is 1.68. The molecular formula is C27H35N3O5. The summed E-state index contributed by atoms with van der Waals surface area (Å²) in [6, 6.07) is 13.7. The molecule has 1 atom stereocenters. The minimum atomic E-state index is -0.685. The predicted molar refractivity (Wildman–Crippen MR) is 134 cm³/mol. The summed E-state index contributed by atoms with van der Waals surface area (Å²) in [5.74, 6) is -0.136. The fraction of sp³-hybridized carbons (Fsp3) is 0.444. The highest BCUT2D eigenvalue weighted by Gasteiger charge is 2.34. The highest BCUT2D eigenvalue weighted by atomic mass is 16.5. The third kappa shape index (κ3) is 7.05. The van der Waals surface area contributed by atoms with Crippen LogP contribution < -0.4 is 15.4 Å². The van der Waals surface area contributed by atoms with Gasteiger partial charge in [0.1, 0.15) is 11.8 Å². The molecule has 2 aromatic rings. The van der Waals surface area contributed by atoms with E-state index in [1.165, 1.54) is 0 Å². The molecule has 1 fully saturated rings. The van der Waals surface area contributed by atoms with E-state index in [2.05, 4.69) is 10.6 Å². The average Bonchev–Trinajstić information content (AvgIpc) is 2.89. The Morgan fingerprint density at radius 1 is 1.03 bits per heavy atom. The number of amides is 3. The average molecular weight is 482 g/mol. The molecule has 3 amide bonds. The molecule has 1 aliphatic rings. The van der Waals surface area contributed by atoms with Gasteiger partial charge >= 0.3 is 0 Å². The SMILES string of the molecule is COCCCNC(=O)[C@@H](NC(=O)c1ccc(C)cc1)C1CCN(C(=O)c2ccccc2OC)CC1. The number of nitrogens with one attached hydrogen (secondary N) is 2. The number of methoxy groups -OCH3 is 2. The van der Waals surface area contributed by atoms with Crippen molar-refractivity contribution < 1.29 is 23.9 Å². The maximum absolute atomic E-state index is 13.1. The molecule has 0 spiro atoms. The van der Waals surface area contributed by atoms with Crippen molar-refractivity contribution in [3.8, 4) is 5.75 Å². The molecule has 0 aliphatic carbocycles. The number of piperidine rings is 1. The molecule has 188 valence electrons. The highest BCUT2D eigenvalue weighted by molar-refractivity contribution is 5.98. The smallest absolute Gasteiger partial charge is 0.257 e. The van der Waals surface area contributed by atoms with Gasteiger partial charge in [-0.2, -0.15) is 0 Å². The number of para-hydroxylation sites is 1. The number of hydrogen-bond donors (Lipinski definition) is 2. The molecule has 0 unspecified atom stereocenters. The lowest BCUT2D eigenvalue weighted by Gasteiger charge is -2.36. The summed E-state index contributed by atoms with van der Waals surface area (Å²) in [5, 5.41) is 5.88. The van der Waals surface area contributed by atoms with Gasteiger partial charge in [0.2, 0.25) is 5.91 Å². The number of ether oxygens (including phenoxy) is 2. The van der Waals surface area contributed by atoms with E-state index in [-0.39, 0.29) is 23.6 Å². The number of hydrogen-bond acceptors (Lipinski definition) is 5. The van der Waals surface area contributed by atoms with Crippen LogP contribution in [0, 0.1) is 12.8 Å². The van der Waals surface area contributed by atoms with Gasteiger partial charge in [-0.25, -0.2) is 0 Å². The summed E-state index contributed by atoms with van der Waals surface area (Å²) in [6.07, 6.45) is 1.89. The summed E-state index contributed by atoms with van der Waals surface area (Å²) < 4.78 is 10.4. The van der Waals surface area contributed by atoms with Crippen molar-refractivity contribution in [1.82, 2.24) is 15.5 Å². The third-order valence-corrected chi connectivity index (χ3v) is 6.34. The third-order valence-electron chi connectivity index (χ3n) is 6.34. The lowest BCUT2D eigenvalue weighted by molar-refractivity contribution is -0.124. The van der Waals surface area contributed by atoms with Gasteiger partial charge in [-0.3, -0.25) is 14.4 Å². The number of rotatable bonds is 10. The summed E-state index contributed by atoms with van der Waals surface area (Å²) in [4.78, 5) is 40.9. The lowest BCUT2D eigenvalue weighted by Crippen LogP contribution is -2.54. The van der Waals surface area contributed by atoms with Gasteiger partial charge in [-0.05, 0) is 56.4 Å². The van der Waals surface area contributed by atoms with Gasteiger partial charge in [0.15, 0.2) is 0 Å². The molecule has 1 saturated heterocycles. The number of carbonyl (C=O) groups excluding carboxylic acids is 3. The Hall–Kier alpha value is -3.39. The highest BCUT2D eigenvalue weighted by Crippen LogP contribution is 2.25. The van der Waals surface area contributed by atoms with Gasteiger partial charge in [0.05, 0.1) is 12.7 Å². The van der Waals surface area contributed by atoms with Crippen molar-refractivity contribution in [3.63, 3.8) is 0 Å². The van der Waals surface area contributed by atoms with Crippen LogP contribution in [0.15, 0.2) is 48.5 Å². The van der Waals surface area contributed by atoms with Crippen molar-refractivity contribution in [3.05, 3.63) is 65.2 Å². The predicted octanol–water partition coefficient (Wildman–Crippen LogP) is 2.81. The Kier molecular flexibility index (Phi) is 9.66. The number of benzene rings is 2. The Bertz CT molecular complexity index is 1000. The van der Waals surface area contributed by atoms with Gasteiger partial charge in [-0.15, -0.1) is 0 Å². The zero-order valence-corrected chi connectivity index (χ0v) is 20.7. The van der Waals surface area contributed by atoms with Crippen LogP contribution in [0.1, 0.15) is 45.5 Å². The Labute approximate surface area is 207 Å². The number of nitrogens with zero attached hydrogens (tertiary/aromatic N) is 1. The first-order chi connectivity index (χ1) is 16.9. The maximum Gasteiger partial charge on any atom is 0.257 e. The first-order valence-corrected chi connectivity index (χ1v) is 12.0. The fourth-order valence-corrected chi connectivity index (χ4v) is 4.29. The Morgan fingerprint density at radius 2 is 1.71 bits per heavy atom. The van der Waals surface area contributed by atoms with Crippen LogP contribution in [0.25, 0.3) is 0 Å². The summed E-state index contributed by atoms with van der Waals surface area (Å²) >= 11 is 0. The molecule has 0 radical (unpaired) electrons. The largest absolute Gasteiger partial charge is 0.496 e. The molecule has 8 heteroatoms. The van der Waals surface area contributed by atoms with Crippen LogP contribution >= 0.6 is 0 Å². The standard InChI is InChI=1S/C27H35N3O5/c1-19-9-11-21(12-10-19)25(31)29-24(26(32)28-15-6-18-34-2)20-13-16-30(17-14-20)27(33)22-7-4-5-8-23(22)35-3/h4-5,7-12,20,24H,6,13-18H2,1-3H3,(H,28,32)(H,29,31)/t24-/m0/s1. The number of likely N-dealkylation sites (tertiary alicyclic amines) is 1. The van der Waals surface area contributed by atoms with E-state index in [4.69, 9.17) is 9.47 Å². The van der Waals surface area contributed by atoms with Crippen molar-refractivity contribution in [2.75, 3.05) is 40.5 Å². The monoisotopic (exact) mass is 481 g/mol. The molecule has 2 aromatic carbocycles. The molecular weight excluding hydrogens is 446 g/mol. The number of aryl methyl sites for hydroxylation is 1. The first kappa shape index (κ1) is 26.2. The van der Waals surface area contributed by atoms with Crippen LogP contribution in [-0.4, -0.2) is 69.1 Å². The van der Waals surface area contributed by atoms with Gasteiger partial charge in [0.25, 0.3) is 11.8 Å². The molecule has 2 N–H and O–H groups in total. The van der Waals surface area contributed by atoms with E-state index < -0.39 is 6.04 Å². The summed E-state index contributed by atoms with van der Waals surface area (Å²) in [6.45, 7) is 3.96. The molecule has 1 heterocycles. The molecule has 0 aromatic heterocycles. The van der Waals surface area contributed by atoms with E-state index in [1.807, 2.05) is 31.2 Å². The molecule has 0 saturated carbocycles. The van der Waals surface area contributed by atoms with E-state index in [9.17, 15) is 14.4 Å². The molecule has 0 bridgehead atoms. The minimum Gasteiger partial charge on any atom is -0.496 e. The van der Waals surface area contributed by atoms with Crippen LogP contribution in [0.4, 0.5) is 0 Å². The van der Waals surface area contributed by atoms with Crippen LogP contribution in [0.5, 0.6) is 5.75 Å². The summed E-state index contributed by atoms with van der Waals surface area (Å²) in [5.41, 5.74) is 2.09. The quantitative estimate of drug-likeness (QED) is 0.509. The molecule has 8 nitrogen and oxygen atoms in total. The Morgan fingerprint density at radius 3 is 2.37 bits per heavy atom. The van der Waals surface area contributed by atoms with Crippen molar-refractivity contribution in [2.45, 2.75) is 32.2 Å². The molecule has 3 rings (SSSR count). The second-order valence-corrected chi connectivity index (χ2v) is 8.78.